The van der Waals surface area contributed by atoms with Gasteiger partial charge in [0.1, 0.15) is 16.5 Å². The second-order valence-electron chi connectivity index (χ2n) is 11.1. The highest BCUT2D eigenvalue weighted by atomic mass is 32.1. The molecule has 1 atom stereocenters. The fourth-order valence-electron chi connectivity index (χ4n) is 5.22. The molecule has 0 saturated carbocycles. The first-order valence-electron chi connectivity index (χ1n) is 14.7. The van der Waals surface area contributed by atoms with Gasteiger partial charge >= 0.3 is 6.03 Å². The van der Waals surface area contributed by atoms with Crippen molar-refractivity contribution < 1.29 is 23.2 Å². The first-order valence-corrected chi connectivity index (χ1v) is 15.5. The first kappa shape index (κ1) is 32.7. The highest BCUT2D eigenvalue weighted by Gasteiger charge is 2.24. The minimum Gasteiger partial charge on any atom is -0.334 e. The van der Waals surface area contributed by atoms with Crippen molar-refractivity contribution in [3.8, 4) is 10.4 Å². The van der Waals surface area contributed by atoms with Gasteiger partial charge in [-0.2, -0.15) is 0 Å². The molecule has 0 bridgehead atoms. The third-order valence-electron chi connectivity index (χ3n) is 7.71. The first-order chi connectivity index (χ1) is 22.1. The van der Waals surface area contributed by atoms with Crippen LogP contribution in [0.5, 0.6) is 0 Å². The molecule has 5 aromatic rings. The van der Waals surface area contributed by atoms with Crippen LogP contribution < -0.4 is 16.2 Å². The maximum atomic E-state index is 14.8. The highest BCUT2D eigenvalue weighted by molar-refractivity contribution is 7.21. The number of fused-ring (bicyclic) bond motifs is 1. The summed E-state index contributed by atoms with van der Waals surface area (Å²) in [6.07, 6.45) is 1.96. The molecule has 2 heterocycles. The lowest BCUT2D eigenvalue weighted by atomic mass is 9.96. The predicted octanol–water partition coefficient (Wildman–Crippen LogP) is 7.08. The quantitative estimate of drug-likeness (QED) is 0.112. The number of rotatable bonds is 12. The lowest BCUT2D eigenvalue weighted by Crippen LogP contribution is -2.27. The molecule has 2 N–H and O–H groups in total. The fraction of sp³-hybridized carbons (Fsp3) is 0.229. The molecule has 3 aromatic carbocycles. The van der Waals surface area contributed by atoms with Gasteiger partial charge in [-0.05, 0) is 61.5 Å². The van der Waals surface area contributed by atoms with E-state index >= 15 is 0 Å². The van der Waals surface area contributed by atoms with Crippen LogP contribution in [0.4, 0.5) is 19.3 Å². The highest BCUT2D eigenvalue weighted by Crippen LogP contribution is 2.34. The second-order valence-corrected chi connectivity index (χ2v) is 12.2. The molecule has 46 heavy (non-hydrogen) atoms. The van der Waals surface area contributed by atoms with Crippen LogP contribution in [-0.4, -0.2) is 42.0 Å². The lowest BCUT2D eigenvalue weighted by molar-refractivity contribution is 0.0914. The van der Waals surface area contributed by atoms with Crippen LogP contribution in [0.25, 0.3) is 20.7 Å². The minimum atomic E-state index is -0.716. The van der Waals surface area contributed by atoms with E-state index in [1.165, 1.54) is 42.8 Å². The molecule has 0 radical (unpaired) electrons. The van der Waals surface area contributed by atoms with Gasteiger partial charge in [-0.1, -0.05) is 55.5 Å². The van der Waals surface area contributed by atoms with Crippen LogP contribution >= 0.6 is 11.3 Å². The Balaban J connectivity index is 1.46. The average Bonchev–Trinajstić information content (AvgIpc) is 3.50. The second kappa shape index (κ2) is 14.6. The van der Waals surface area contributed by atoms with Crippen molar-refractivity contribution in [2.75, 3.05) is 26.0 Å². The molecular formula is C35H34F2N4O4S. The van der Waals surface area contributed by atoms with E-state index in [1.807, 2.05) is 37.4 Å². The summed E-state index contributed by atoms with van der Waals surface area (Å²) in [6.45, 7) is 2.95. The Labute approximate surface area is 269 Å². The number of anilines is 1. The molecule has 238 valence electrons. The number of aromatic nitrogens is 1. The molecule has 0 aliphatic rings. The molecule has 0 fully saturated rings. The van der Waals surface area contributed by atoms with Gasteiger partial charge in [0, 0.05) is 34.8 Å². The number of pyridine rings is 1. The summed E-state index contributed by atoms with van der Waals surface area (Å²) in [5.41, 5.74) is 4.00. The minimum absolute atomic E-state index is 0.0180. The summed E-state index contributed by atoms with van der Waals surface area (Å²) < 4.78 is 31.1. The summed E-state index contributed by atoms with van der Waals surface area (Å²) >= 11 is 1.27. The van der Waals surface area contributed by atoms with Crippen molar-refractivity contribution in [2.24, 2.45) is 5.92 Å². The maximum absolute atomic E-state index is 14.8. The standard InChI is InChI=1S/C35H34F2N4O4S/c1-22(16-17-40(2)19-23-8-5-4-6-9-23)32(42)28-21-41(20-27-29(36)10-7-11-30(27)37)34-26(33(28)43)18-31(46-34)24-12-14-25(15-13-24)38-35(44)39-45-3/h4-15,18,21-22H,16-17,19-20H2,1-3H3,(H2,38,39,44). The van der Waals surface area contributed by atoms with Gasteiger partial charge in [0.25, 0.3) is 0 Å². The van der Waals surface area contributed by atoms with Crippen LogP contribution in [-0.2, 0) is 17.9 Å². The van der Waals surface area contributed by atoms with Gasteiger partial charge in [0.2, 0.25) is 5.43 Å². The molecule has 11 heteroatoms. The van der Waals surface area contributed by atoms with Crippen molar-refractivity contribution >= 4 is 39.1 Å². The zero-order valence-electron chi connectivity index (χ0n) is 25.7. The van der Waals surface area contributed by atoms with Crippen LogP contribution in [0.3, 0.4) is 0 Å². The fourth-order valence-corrected chi connectivity index (χ4v) is 6.35. The molecule has 2 aromatic heterocycles. The molecule has 1 unspecified atom stereocenters. The molecular weight excluding hydrogens is 610 g/mol. The van der Waals surface area contributed by atoms with Crippen LogP contribution in [0.15, 0.2) is 89.9 Å². The number of benzene rings is 3. The van der Waals surface area contributed by atoms with E-state index in [1.54, 1.807) is 41.8 Å². The van der Waals surface area contributed by atoms with E-state index in [0.717, 1.165) is 17.7 Å². The third-order valence-corrected chi connectivity index (χ3v) is 8.93. The summed E-state index contributed by atoms with van der Waals surface area (Å²) in [5.74, 6) is -2.21. The van der Waals surface area contributed by atoms with Crippen LogP contribution in [0.1, 0.15) is 34.8 Å². The molecule has 5 rings (SSSR count). The van der Waals surface area contributed by atoms with Crippen molar-refractivity contribution in [3.05, 3.63) is 124 Å². The van der Waals surface area contributed by atoms with Gasteiger partial charge in [0.05, 0.1) is 24.6 Å². The van der Waals surface area contributed by atoms with Gasteiger partial charge in [-0.25, -0.2) is 19.1 Å². The number of Topliss-reactive ketones (excluding diaryl/α,β-unsaturated/α-hetero) is 1. The van der Waals surface area contributed by atoms with Gasteiger partial charge in [0.15, 0.2) is 5.78 Å². The predicted molar refractivity (Wildman–Crippen MR) is 177 cm³/mol. The van der Waals surface area contributed by atoms with Gasteiger partial charge in [-0.15, -0.1) is 11.3 Å². The van der Waals surface area contributed by atoms with Gasteiger partial charge in [-0.3, -0.25) is 14.4 Å². The van der Waals surface area contributed by atoms with E-state index in [2.05, 4.69) is 20.5 Å². The number of carbonyl (C=O) groups is 2. The largest absolute Gasteiger partial charge is 0.343 e. The van der Waals surface area contributed by atoms with Gasteiger partial charge < -0.3 is 14.8 Å². The van der Waals surface area contributed by atoms with E-state index in [4.69, 9.17) is 0 Å². The summed E-state index contributed by atoms with van der Waals surface area (Å²) in [7, 11) is 3.31. The normalized spacial score (nSPS) is 12.0. The van der Waals surface area contributed by atoms with Crippen molar-refractivity contribution in [1.82, 2.24) is 14.9 Å². The number of hydroxylamine groups is 1. The number of urea groups is 1. The number of amides is 2. The SMILES string of the molecule is CONC(=O)Nc1ccc(-c2cc3c(=O)c(C(=O)C(C)CCN(C)Cc4ccccc4)cn(Cc4c(F)cccc4F)c3s2)cc1. The zero-order valence-corrected chi connectivity index (χ0v) is 26.5. The summed E-state index contributed by atoms with van der Waals surface area (Å²) in [6, 6.07) is 21.8. The van der Waals surface area contributed by atoms with Crippen molar-refractivity contribution in [3.63, 3.8) is 0 Å². The molecule has 8 nitrogen and oxygen atoms in total. The Kier molecular flexibility index (Phi) is 10.4. The topological polar surface area (TPSA) is 92.7 Å². The molecule has 0 aliphatic carbocycles. The lowest BCUT2D eigenvalue weighted by Gasteiger charge is -2.19. The average molecular weight is 645 g/mol. The Hall–Kier alpha value is -4.71. The van der Waals surface area contributed by atoms with Crippen LogP contribution in [0.2, 0.25) is 0 Å². The Morgan fingerprint density at radius 1 is 1.00 bits per heavy atom. The van der Waals surface area contributed by atoms with E-state index in [9.17, 15) is 23.2 Å². The van der Waals surface area contributed by atoms with Crippen molar-refractivity contribution in [1.29, 1.82) is 0 Å². The molecule has 0 spiro atoms. The summed E-state index contributed by atoms with van der Waals surface area (Å²) in [4.78, 5) is 47.3. The number of nitrogens with zero attached hydrogens (tertiary/aromatic N) is 2. The van der Waals surface area contributed by atoms with E-state index in [-0.39, 0.29) is 28.8 Å². The molecule has 0 aliphatic heterocycles. The number of halogens is 2. The number of thiophene rings is 1. The number of hydrogen-bond acceptors (Lipinski definition) is 6. The number of nitrogens with one attached hydrogen (secondary N) is 2. The zero-order chi connectivity index (χ0) is 32.8. The molecule has 2 amide bonds. The number of carbonyl (C=O) groups excluding carboxylic acids is 2. The Bertz CT molecular complexity index is 1890. The van der Waals surface area contributed by atoms with Crippen LogP contribution in [0, 0.1) is 17.6 Å². The maximum Gasteiger partial charge on any atom is 0.343 e. The summed E-state index contributed by atoms with van der Waals surface area (Å²) in [5, 5.41) is 2.92. The number of ketones is 1. The number of hydrogen-bond donors (Lipinski definition) is 2. The smallest absolute Gasteiger partial charge is 0.334 e. The Morgan fingerprint density at radius 3 is 2.37 bits per heavy atom. The Morgan fingerprint density at radius 2 is 1.70 bits per heavy atom. The van der Waals surface area contributed by atoms with E-state index < -0.39 is 29.0 Å². The molecule has 0 saturated heterocycles. The monoisotopic (exact) mass is 644 g/mol. The van der Waals surface area contributed by atoms with E-state index in [0.29, 0.717) is 28.4 Å². The van der Waals surface area contributed by atoms with Crippen molar-refractivity contribution in [2.45, 2.75) is 26.4 Å². The third kappa shape index (κ3) is 7.56.